The summed E-state index contributed by atoms with van der Waals surface area (Å²) in [7, 11) is -1.12. The Hall–Kier alpha value is -3.39. The lowest BCUT2D eigenvalue weighted by Crippen LogP contribution is -2.41. The van der Waals surface area contributed by atoms with Crippen molar-refractivity contribution in [2.24, 2.45) is 0 Å². The summed E-state index contributed by atoms with van der Waals surface area (Å²) in [6, 6.07) is 13.3. The van der Waals surface area contributed by atoms with Gasteiger partial charge in [-0.3, -0.25) is 5.10 Å². The quantitative estimate of drug-likeness (QED) is 0.262. The Morgan fingerprint density at radius 3 is 1.71 bits per heavy atom. The normalized spacial score (nSPS) is 15.5. The van der Waals surface area contributed by atoms with Crippen LogP contribution in [-0.4, -0.2) is 104 Å². The molecule has 0 unspecified atom stereocenters. The highest BCUT2D eigenvalue weighted by molar-refractivity contribution is 9.10. The van der Waals surface area contributed by atoms with Crippen LogP contribution < -0.4 is 5.46 Å². The number of carbonyl (C=O) groups is 1. The maximum Gasteiger partial charge on any atom is 0.498 e. The highest BCUT2D eigenvalue weighted by Gasteiger charge is 2.52. The third-order valence-corrected chi connectivity index (χ3v) is 12.0. The Labute approximate surface area is 309 Å². The van der Waals surface area contributed by atoms with E-state index in [4.69, 9.17) is 14.0 Å². The minimum absolute atomic E-state index is 0.287. The lowest BCUT2D eigenvalue weighted by molar-refractivity contribution is 0.00578. The first-order chi connectivity index (χ1) is 23.4. The summed E-state index contributed by atoms with van der Waals surface area (Å²) in [4.78, 5) is 12.5. The summed E-state index contributed by atoms with van der Waals surface area (Å²) < 4.78 is 68.3. The smallest absolute Gasteiger partial charge is 0.442 e. The average molecular weight is 810 g/mol. The zero-order valence-corrected chi connectivity index (χ0v) is 33.9. The summed E-state index contributed by atoms with van der Waals surface area (Å²) in [5.41, 5.74) is 1.14. The standard InChI is InChI=1S/C14H23BN2O4.C11H13N3O2S.C8H10BrNO2S/c1-12(2,3)19-11(18)17-9-10(8-16-17)15-20-13(4,5)14(6,7)21-15;1-14(2)17(15,16)11-5-3-9(4-6-11)10-7-12-13-8-10;1-10(2)13(11,12)8-5-3-7(9)4-6-8/h8-9H,1-7H3;3-8H,1-2H3,(H,12,13);3-6H,1-2H3. The summed E-state index contributed by atoms with van der Waals surface area (Å²) in [5, 5.41) is 10.6. The molecule has 0 saturated carbocycles. The summed E-state index contributed by atoms with van der Waals surface area (Å²) in [6.07, 6.45) is 6.07. The molecule has 0 bridgehead atoms. The van der Waals surface area contributed by atoms with Crippen LogP contribution in [0, 0.1) is 0 Å². The molecule has 0 radical (unpaired) electrons. The molecule has 0 spiro atoms. The summed E-state index contributed by atoms with van der Waals surface area (Å²) in [5.74, 6) is 0. The van der Waals surface area contributed by atoms with Gasteiger partial charge in [0.2, 0.25) is 20.0 Å². The number of carbonyl (C=O) groups excluding carboxylic acids is 1. The molecule has 3 heterocycles. The number of sulfonamides is 2. The zero-order chi connectivity index (χ0) is 38.6. The van der Waals surface area contributed by atoms with Gasteiger partial charge in [0, 0.05) is 62.3 Å². The lowest BCUT2D eigenvalue weighted by atomic mass is 9.82. The SMILES string of the molecule is CC(C)(C)OC(=O)n1cc(B2OC(C)(C)C(C)(C)O2)cn1.CN(C)S(=O)(=O)c1ccc(-c2cn[nH]c2)cc1.CN(C)S(=O)(=O)c1ccc(Br)cc1. The lowest BCUT2D eigenvalue weighted by Gasteiger charge is -2.32. The summed E-state index contributed by atoms with van der Waals surface area (Å²) >= 11 is 3.24. The second-order valence-electron chi connectivity index (χ2n) is 13.8. The van der Waals surface area contributed by atoms with Crippen LogP contribution in [0.5, 0.6) is 0 Å². The van der Waals surface area contributed by atoms with Gasteiger partial charge in [0.25, 0.3) is 0 Å². The van der Waals surface area contributed by atoms with Crippen molar-refractivity contribution in [1.82, 2.24) is 28.6 Å². The van der Waals surface area contributed by atoms with E-state index in [-0.39, 0.29) is 4.90 Å². The molecule has 51 heavy (non-hydrogen) atoms. The van der Waals surface area contributed by atoms with Crippen molar-refractivity contribution in [3.8, 4) is 11.1 Å². The Morgan fingerprint density at radius 1 is 0.824 bits per heavy atom. The molecule has 0 amide bonds. The topological polar surface area (TPSA) is 166 Å². The van der Waals surface area contributed by atoms with Crippen LogP contribution in [0.15, 0.2) is 87.6 Å². The van der Waals surface area contributed by atoms with Crippen molar-refractivity contribution in [3.05, 3.63) is 77.8 Å². The molecule has 2 aromatic carbocycles. The van der Waals surface area contributed by atoms with E-state index in [0.717, 1.165) is 20.3 Å². The van der Waals surface area contributed by atoms with Gasteiger partial charge >= 0.3 is 13.2 Å². The fourth-order valence-corrected chi connectivity index (χ4v) is 6.17. The Balaban J connectivity index is 0.000000213. The minimum Gasteiger partial charge on any atom is -0.442 e. The zero-order valence-electron chi connectivity index (χ0n) is 30.7. The van der Waals surface area contributed by atoms with Crippen LogP contribution in [0.25, 0.3) is 11.1 Å². The number of hydrogen-bond acceptors (Lipinski definition) is 10. The van der Waals surface area contributed by atoms with Gasteiger partial charge in [0.15, 0.2) is 0 Å². The molecule has 0 aliphatic carbocycles. The second kappa shape index (κ2) is 16.1. The van der Waals surface area contributed by atoms with E-state index in [1.54, 1.807) is 73.3 Å². The van der Waals surface area contributed by atoms with Crippen LogP contribution in [0.3, 0.4) is 0 Å². The molecule has 14 nitrogen and oxygen atoms in total. The highest BCUT2D eigenvalue weighted by atomic mass is 79.9. The van der Waals surface area contributed by atoms with E-state index in [0.29, 0.717) is 10.4 Å². The van der Waals surface area contributed by atoms with Crippen LogP contribution in [-0.2, 0) is 34.1 Å². The fraction of sp³-hybridized carbons (Fsp3) is 0.424. The van der Waals surface area contributed by atoms with E-state index >= 15 is 0 Å². The van der Waals surface area contributed by atoms with Crippen molar-refractivity contribution in [2.45, 2.75) is 75.1 Å². The third-order valence-electron chi connectivity index (χ3n) is 7.77. The largest absolute Gasteiger partial charge is 0.498 e. The third kappa shape index (κ3) is 10.8. The van der Waals surface area contributed by atoms with E-state index in [1.807, 2.05) is 48.5 Å². The van der Waals surface area contributed by atoms with Gasteiger partial charge in [-0.25, -0.2) is 30.2 Å². The van der Waals surface area contributed by atoms with Crippen LogP contribution in [0.2, 0.25) is 0 Å². The van der Waals surface area contributed by atoms with Crippen LogP contribution >= 0.6 is 15.9 Å². The fourth-order valence-electron chi connectivity index (χ4n) is 4.10. The van der Waals surface area contributed by atoms with Crippen LogP contribution in [0.1, 0.15) is 48.5 Å². The van der Waals surface area contributed by atoms with Gasteiger partial charge in [-0.15, -0.1) is 0 Å². The van der Waals surface area contributed by atoms with E-state index in [9.17, 15) is 21.6 Å². The van der Waals surface area contributed by atoms with Gasteiger partial charge in [0.1, 0.15) is 5.60 Å². The first-order valence-electron chi connectivity index (χ1n) is 15.7. The number of H-pyrrole nitrogens is 1. The Morgan fingerprint density at radius 2 is 1.29 bits per heavy atom. The van der Waals surface area contributed by atoms with Crippen molar-refractivity contribution in [2.75, 3.05) is 28.2 Å². The van der Waals surface area contributed by atoms with Gasteiger partial charge in [0.05, 0.1) is 27.2 Å². The average Bonchev–Trinajstić information content (AvgIpc) is 3.78. The number of halogens is 1. The number of benzene rings is 2. The Kier molecular flexibility index (Phi) is 13.3. The number of aromatic amines is 1. The molecule has 1 N–H and O–H groups in total. The number of nitrogens with one attached hydrogen (secondary N) is 1. The van der Waals surface area contributed by atoms with Crippen LogP contribution in [0.4, 0.5) is 4.79 Å². The highest BCUT2D eigenvalue weighted by Crippen LogP contribution is 2.36. The van der Waals surface area contributed by atoms with Crippen molar-refractivity contribution in [1.29, 1.82) is 0 Å². The van der Waals surface area contributed by atoms with Gasteiger partial charge in [-0.05, 0) is 90.4 Å². The maximum atomic E-state index is 11.9. The molecule has 0 atom stereocenters. The number of nitrogens with zero attached hydrogens (tertiary/aromatic N) is 5. The van der Waals surface area contributed by atoms with E-state index < -0.39 is 50.1 Å². The number of aromatic nitrogens is 4. The molecule has 2 aromatic heterocycles. The molecule has 1 fully saturated rings. The number of rotatable bonds is 6. The van der Waals surface area contributed by atoms with Gasteiger partial charge in [-0.1, -0.05) is 28.1 Å². The molecular weight excluding hydrogens is 763 g/mol. The first-order valence-corrected chi connectivity index (χ1v) is 19.4. The van der Waals surface area contributed by atoms with E-state index in [2.05, 4.69) is 31.2 Å². The Bertz CT molecular complexity index is 1960. The first kappa shape index (κ1) is 42.0. The molecule has 5 rings (SSSR count). The number of ether oxygens (including phenoxy) is 1. The van der Waals surface area contributed by atoms with Crippen molar-refractivity contribution >= 4 is 54.7 Å². The predicted octanol–water partition coefficient (Wildman–Crippen LogP) is 4.99. The second-order valence-corrected chi connectivity index (χ2v) is 19.0. The summed E-state index contributed by atoms with van der Waals surface area (Å²) in [6.45, 7) is 13.3. The van der Waals surface area contributed by atoms with Gasteiger partial charge in [-0.2, -0.15) is 14.9 Å². The van der Waals surface area contributed by atoms with E-state index in [1.165, 1.54) is 36.8 Å². The number of hydrogen-bond donors (Lipinski definition) is 1. The maximum absolute atomic E-state index is 11.9. The predicted molar refractivity (Wildman–Crippen MR) is 199 cm³/mol. The minimum atomic E-state index is -3.35. The molecule has 1 aliphatic heterocycles. The van der Waals surface area contributed by atoms with Gasteiger partial charge < -0.3 is 14.0 Å². The molecule has 4 aromatic rings. The molecule has 278 valence electrons. The molecule has 18 heteroatoms. The van der Waals surface area contributed by atoms with Crippen molar-refractivity contribution in [3.63, 3.8) is 0 Å². The van der Waals surface area contributed by atoms with Crippen molar-refractivity contribution < 1.29 is 35.7 Å². The molecule has 1 aliphatic rings. The molecule has 1 saturated heterocycles. The monoisotopic (exact) mass is 808 g/mol. The molecular formula is C33H46BBrN6O8S2.